The molecule has 0 saturated heterocycles. The topological polar surface area (TPSA) is 50.4 Å². The van der Waals surface area contributed by atoms with E-state index in [0.717, 1.165) is 10.7 Å². The Morgan fingerprint density at radius 1 is 1.57 bits per heavy atom. The summed E-state index contributed by atoms with van der Waals surface area (Å²) in [6, 6.07) is 0.336. The van der Waals surface area contributed by atoms with Gasteiger partial charge in [-0.3, -0.25) is 0 Å². The quantitative estimate of drug-likeness (QED) is 0.687. The lowest BCUT2D eigenvalue weighted by Crippen LogP contribution is -2.27. The third-order valence-corrected chi connectivity index (χ3v) is 1.92. The molecular formula is C10H19N3S. The second-order valence-corrected chi connectivity index (χ2v) is 4.13. The van der Waals surface area contributed by atoms with Gasteiger partial charge in [0, 0.05) is 11.8 Å². The van der Waals surface area contributed by atoms with Crippen molar-refractivity contribution in [3.05, 3.63) is 23.5 Å². The third-order valence-electron chi connectivity index (χ3n) is 1.36. The van der Waals surface area contributed by atoms with Crippen LogP contribution in [-0.2, 0) is 0 Å². The number of nitrogens with two attached hydrogens (primary N) is 1. The average molecular weight is 213 g/mol. The van der Waals surface area contributed by atoms with Gasteiger partial charge >= 0.3 is 0 Å². The van der Waals surface area contributed by atoms with Gasteiger partial charge in [0.2, 0.25) is 0 Å². The van der Waals surface area contributed by atoms with Crippen molar-refractivity contribution in [2.45, 2.75) is 26.8 Å². The van der Waals surface area contributed by atoms with Crippen LogP contribution >= 0.6 is 11.8 Å². The van der Waals surface area contributed by atoms with E-state index >= 15 is 0 Å². The Kier molecular flexibility index (Phi) is 6.12. The van der Waals surface area contributed by atoms with Gasteiger partial charge in [-0.05, 0) is 33.1 Å². The highest BCUT2D eigenvalue weighted by atomic mass is 32.2. The molecule has 0 bridgehead atoms. The minimum atomic E-state index is 0.336. The normalized spacial score (nSPS) is 13.2. The van der Waals surface area contributed by atoms with Crippen molar-refractivity contribution in [2.75, 3.05) is 6.26 Å². The molecule has 3 N–H and O–H groups in total. The molecule has 0 aromatic heterocycles. The average Bonchev–Trinajstić information content (AvgIpc) is 2.01. The third kappa shape index (κ3) is 6.60. The molecule has 0 aromatic carbocycles. The SMILES string of the molecule is C=C(/N=C(C)\C=C(/N)NC(C)C)SC. The molecule has 0 heterocycles. The highest BCUT2D eigenvalue weighted by Gasteiger charge is 1.94. The maximum absolute atomic E-state index is 5.73. The van der Waals surface area contributed by atoms with E-state index in [1.165, 1.54) is 11.8 Å². The van der Waals surface area contributed by atoms with Crippen molar-refractivity contribution < 1.29 is 0 Å². The number of nitrogens with one attached hydrogen (secondary N) is 1. The lowest BCUT2D eigenvalue weighted by atomic mass is 10.3. The second-order valence-electron chi connectivity index (χ2n) is 3.25. The Labute approximate surface area is 90.6 Å². The number of aliphatic imine (C=N–C) groups is 1. The van der Waals surface area contributed by atoms with E-state index < -0.39 is 0 Å². The molecule has 0 saturated carbocycles. The summed E-state index contributed by atoms with van der Waals surface area (Å²) in [7, 11) is 0. The first-order valence-corrected chi connectivity index (χ1v) is 5.70. The van der Waals surface area contributed by atoms with Crippen LogP contribution in [0.25, 0.3) is 0 Å². The first-order valence-electron chi connectivity index (χ1n) is 4.47. The predicted octanol–water partition coefficient (Wildman–Crippen LogP) is 2.08. The van der Waals surface area contributed by atoms with Crippen LogP contribution in [0.5, 0.6) is 0 Å². The summed E-state index contributed by atoms with van der Waals surface area (Å²) in [6.45, 7) is 9.74. The van der Waals surface area contributed by atoms with Crippen molar-refractivity contribution in [1.82, 2.24) is 5.32 Å². The smallest absolute Gasteiger partial charge is 0.0980 e. The standard InChI is InChI=1S/C10H19N3S/c1-7(2)12-10(11)6-8(3)13-9(4)14-5/h6-7,12H,4,11H2,1-3,5H3/b10-6+,13-8-. The highest BCUT2D eigenvalue weighted by molar-refractivity contribution is 8.02. The zero-order valence-electron chi connectivity index (χ0n) is 9.29. The predicted molar refractivity (Wildman–Crippen MR) is 66.3 cm³/mol. The second kappa shape index (κ2) is 6.54. The van der Waals surface area contributed by atoms with Crippen molar-refractivity contribution >= 4 is 17.5 Å². The van der Waals surface area contributed by atoms with E-state index in [2.05, 4.69) is 16.9 Å². The van der Waals surface area contributed by atoms with Gasteiger partial charge in [0.25, 0.3) is 0 Å². The minimum absolute atomic E-state index is 0.336. The molecule has 0 amide bonds. The molecule has 0 aromatic rings. The lowest BCUT2D eigenvalue weighted by molar-refractivity contribution is 0.664. The summed E-state index contributed by atoms with van der Waals surface area (Å²) < 4.78 is 0. The van der Waals surface area contributed by atoms with Crippen LogP contribution in [0, 0.1) is 0 Å². The Bertz CT molecular complexity index is 254. The molecule has 4 heteroatoms. The summed E-state index contributed by atoms with van der Waals surface area (Å²) in [5, 5.41) is 3.87. The van der Waals surface area contributed by atoms with Gasteiger partial charge in [0.05, 0.1) is 10.9 Å². The molecule has 0 unspecified atom stereocenters. The van der Waals surface area contributed by atoms with Gasteiger partial charge in [-0.1, -0.05) is 6.58 Å². The van der Waals surface area contributed by atoms with Gasteiger partial charge in [0.15, 0.2) is 0 Å². The number of hydrogen-bond donors (Lipinski definition) is 2. The molecular weight excluding hydrogens is 194 g/mol. The minimum Gasteiger partial charge on any atom is -0.385 e. The van der Waals surface area contributed by atoms with Gasteiger partial charge in [0.1, 0.15) is 0 Å². The van der Waals surface area contributed by atoms with Crippen LogP contribution in [0.3, 0.4) is 0 Å². The van der Waals surface area contributed by atoms with E-state index in [1.54, 1.807) is 6.08 Å². The Balaban J connectivity index is 4.34. The van der Waals surface area contributed by atoms with E-state index in [9.17, 15) is 0 Å². The number of nitrogens with zero attached hydrogens (tertiary/aromatic N) is 1. The van der Waals surface area contributed by atoms with Crippen molar-refractivity contribution in [3.63, 3.8) is 0 Å². The van der Waals surface area contributed by atoms with E-state index in [1.807, 2.05) is 27.0 Å². The largest absolute Gasteiger partial charge is 0.385 e. The molecule has 0 fully saturated rings. The highest BCUT2D eigenvalue weighted by Crippen LogP contribution is 2.09. The first-order chi connectivity index (χ1) is 6.45. The number of allylic oxidation sites excluding steroid dienone is 1. The van der Waals surface area contributed by atoms with Crippen LogP contribution in [0.1, 0.15) is 20.8 Å². The molecule has 0 radical (unpaired) electrons. The lowest BCUT2D eigenvalue weighted by Gasteiger charge is -2.09. The van der Waals surface area contributed by atoms with Crippen LogP contribution in [0.15, 0.2) is 28.5 Å². The molecule has 0 rings (SSSR count). The van der Waals surface area contributed by atoms with Crippen molar-refractivity contribution in [2.24, 2.45) is 10.7 Å². The van der Waals surface area contributed by atoms with Gasteiger partial charge < -0.3 is 11.1 Å². The zero-order chi connectivity index (χ0) is 11.1. The summed E-state index contributed by atoms with van der Waals surface area (Å²) in [5.74, 6) is 0.634. The molecule has 0 spiro atoms. The Morgan fingerprint density at radius 2 is 2.14 bits per heavy atom. The Hall–Kier alpha value is -0.900. The van der Waals surface area contributed by atoms with Crippen molar-refractivity contribution in [3.8, 4) is 0 Å². The van der Waals surface area contributed by atoms with Gasteiger partial charge in [-0.15, -0.1) is 11.8 Å². The monoisotopic (exact) mass is 213 g/mol. The van der Waals surface area contributed by atoms with Crippen LogP contribution < -0.4 is 11.1 Å². The van der Waals surface area contributed by atoms with E-state index in [4.69, 9.17) is 5.73 Å². The number of thioether (sulfide) groups is 1. The summed E-state index contributed by atoms with van der Waals surface area (Å²) in [5.41, 5.74) is 6.58. The molecule has 80 valence electrons. The molecule has 0 aliphatic rings. The fourth-order valence-corrected chi connectivity index (χ4v) is 1.11. The summed E-state index contributed by atoms with van der Waals surface area (Å²) >= 11 is 1.52. The molecule has 14 heavy (non-hydrogen) atoms. The fourth-order valence-electron chi connectivity index (χ4n) is 0.875. The van der Waals surface area contributed by atoms with Crippen LogP contribution in [0.2, 0.25) is 0 Å². The fraction of sp³-hybridized carbons (Fsp3) is 0.500. The zero-order valence-corrected chi connectivity index (χ0v) is 10.1. The Morgan fingerprint density at radius 3 is 2.57 bits per heavy atom. The molecule has 0 aliphatic carbocycles. The maximum Gasteiger partial charge on any atom is 0.0980 e. The van der Waals surface area contributed by atoms with E-state index in [0.29, 0.717) is 11.9 Å². The maximum atomic E-state index is 5.73. The molecule has 0 aliphatic heterocycles. The summed E-state index contributed by atoms with van der Waals surface area (Å²) in [6.07, 6.45) is 3.75. The number of hydrogen-bond acceptors (Lipinski definition) is 4. The molecule has 0 atom stereocenters. The summed E-state index contributed by atoms with van der Waals surface area (Å²) in [4.78, 5) is 4.23. The van der Waals surface area contributed by atoms with Crippen LogP contribution in [0.4, 0.5) is 0 Å². The number of rotatable bonds is 5. The van der Waals surface area contributed by atoms with Gasteiger partial charge in [-0.25, -0.2) is 4.99 Å². The van der Waals surface area contributed by atoms with Crippen molar-refractivity contribution in [1.29, 1.82) is 0 Å². The van der Waals surface area contributed by atoms with E-state index in [-0.39, 0.29) is 0 Å². The van der Waals surface area contributed by atoms with Gasteiger partial charge in [-0.2, -0.15) is 0 Å². The molecule has 3 nitrogen and oxygen atoms in total. The first kappa shape index (κ1) is 13.1. The van der Waals surface area contributed by atoms with Crippen LogP contribution in [-0.4, -0.2) is 18.0 Å².